The van der Waals surface area contributed by atoms with Crippen molar-refractivity contribution in [1.82, 2.24) is 5.32 Å². The van der Waals surface area contributed by atoms with Gasteiger partial charge in [-0.25, -0.2) is 0 Å². The first-order valence-electron chi connectivity index (χ1n) is 9.83. The van der Waals surface area contributed by atoms with Gasteiger partial charge in [-0.1, -0.05) is 30.3 Å². The highest BCUT2D eigenvalue weighted by Gasteiger charge is 2.27. The van der Waals surface area contributed by atoms with Crippen molar-refractivity contribution in [2.45, 2.75) is 12.8 Å². The molecule has 4 rings (SSSR count). The molecule has 7 nitrogen and oxygen atoms in total. The standard InChI is InChI=1S/C24H20N2O5/c1-14-19-11-17(8-9-20(19)26-23(14)29)21(27)13-31-22(28)12-25-24(30)18-7-6-15-4-2-3-5-16(15)10-18/h2-11,14H,12-13H2,1H3,(H,25,30)(H,26,29)/t14-/m0/s1. The second-order valence-corrected chi connectivity index (χ2v) is 7.34. The number of hydrogen-bond acceptors (Lipinski definition) is 5. The van der Waals surface area contributed by atoms with Gasteiger partial charge in [0, 0.05) is 16.8 Å². The highest BCUT2D eigenvalue weighted by molar-refractivity contribution is 6.05. The summed E-state index contributed by atoms with van der Waals surface area (Å²) < 4.78 is 5.00. The Labute approximate surface area is 178 Å². The monoisotopic (exact) mass is 416 g/mol. The SMILES string of the molecule is C[C@@H]1C(=O)Nc2ccc(C(=O)COC(=O)CNC(=O)c3ccc4ccccc4c3)cc21. The van der Waals surface area contributed by atoms with Crippen molar-refractivity contribution >= 4 is 40.0 Å². The fourth-order valence-electron chi connectivity index (χ4n) is 3.46. The fourth-order valence-corrected chi connectivity index (χ4v) is 3.46. The Hall–Kier alpha value is -4.00. The van der Waals surface area contributed by atoms with E-state index in [0.29, 0.717) is 16.8 Å². The van der Waals surface area contributed by atoms with Crippen LogP contribution in [0.15, 0.2) is 60.7 Å². The Morgan fingerprint density at radius 1 is 0.968 bits per heavy atom. The van der Waals surface area contributed by atoms with E-state index in [4.69, 9.17) is 4.74 Å². The summed E-state index contributed by atoms with van der Waals surface area (Å²) in [5.41, 5.74) is 2.21. The summed E-state index contributed by atoms with van der Waals surface area (Å²) in [6.45, 7) is 0.964. The quantitative estimate of drug-likeness (QED) is 0.475. The maximum Gasteiger partial charge on any atom is 0.325 e. The van der Waals surface area contributed by atoms with Crippen LogP contribution in [-0.2, 0) is 14.3 Å². The van der Waals surface area contributed by atoms with Gasteiger partial charge in [0.2, 0.25) is 5.91 Å². The number of hydrogen-bond donors (Lipinski definition) is 2. The fraction of sp³-hybridized carbons (Fsp3) is 0.167. The van der Waals surface area contributed by atoms with Crippen LogP contribution in [0.2, 0.25) is 0 Å². The van der Waals surface area contributed by atoms with Gasteiger partial charge in [-0.3, -0.25) is 19.2 Å². The lowest BCUT2D eigenvalue weighted by Gasteiger charge is -2.08. The molecule has 1 heterocycles. The van der Waals surface area contributed by atoms with Gasteiger partial charge < -0.3 is 15.4 Å². The van der Waals surface area contributed by atoms with Gasteiger partial charge in [0.25, 0.3) is 5.91 Å². The number of benzene rings is 3. The molecule has 31 heavy (non-hydrogen) atoms. The molecule has 0 saturated heterocycles. The summed E-state index contributed by atoms with van der Waals surface area (Å²) in [6, 6.07) is 17.8. The number of amides is 2. The predicted molar refractivity (Wildman–Crippen MR) is 115 cm³/mol. The van der Waals surface area contributed by atoms with Crippen molar-refractivity contribution in [2.24, 2.45) is 0 Å². The highest BCUT2D eigenvalue weighted by atomic mass is 16.5. The molecule has 2 amide bonds. The highest BCUT2D eigenvalue weighted by Crippen LogP contribution is 2.32. The number of anilines is 1. The third-order valence-corrected chi connectivity index (χ3v) is 5.26. The van der Waals surface area contributed by atoms with E-state index in [9.17, 15) is 19.2 Å². The van der Waals surface area contributed by atoms with Crippen LogP contribution in [0.5, 0.6) is 0 Å². The molecule has 0 spiro atoms. The molecule has 3 aromatic carbocycles. The van der Waals surface area contributed by atoms with Crippen LogP contribution < -0.4 is 10.6 Å². The van der Waals surface area contributed by atoms with E-state index in [1.54, 1.807) is 37.3 Å². The Kier molecular flexibility index (Phi) is 5.49. The van der Waals surface area contributed by atoms with Crippen molar-refractivity contribution in [2.75, 3.05) is 18.5 Å². The molecule has 7 heteroatoms. The largest absolute Gasteiger partial charge is 0.456 e. The molecule has 0 bridgehead atoms. The van der Waals surface area contributed by atoms with Crippen LogP contribution in [0.3, 0.4) is 0 Å². The summed E-state index contributed by atoms with van der Waals surface area (Å²) in [6.07, 6.45) is 0. The number of esters is 1. The molecule has 1 aliphatic rings. The van der Waals surface area contributed by atoms with E-state index in [1.807, 2.05) is 30.3 Å². The third-order valence-electron chi connectivity index (χ3n) is 5.26. The van der Waals surface area contributed by atoms with Crippen LogP contribution in [0.1, 0.15) is 39.1 Å². The van der Waals surface area contributed by atoms with Gasteiger partial charge >= 0.3 is 5.97 Å². The zero-order valence-corrected chi connectivity index (χ0v) is 16.8. The molecule has 3 aromatic rings. The zero-order chi connectivity index (χ0) is 22.0. The molecular weight excluding hydrogens is 396 g/mol. The lowest BCUT2D eigenvalue weighted by atomic mass is 9.99. The number of carbonyl (C=O) groups excluding carboxylic acids is 4. The number of ketones is 1. The lowest BCUT2D eigenvalue weighted by molar-refractivity contribution is -0.141. The smallest absolute Gasteiger partial charge is 0.325 e. The topological polar surface area (TPSA) is 102 Å². The van der Waals surface area contributed by atoms with E-state index in [2.05, 4.69) is 10.6 Å². The molecular formula is C24H20N2O5. The van der Waals surface area contributed by atoms with Gasteiger partial charge in [-0.15, -0.1) is 0 Å². The lowest BCUT2D eigenvalue weighted by Crippen LogP contribution is -2.31. The maximum atomic E-state index is 12.4. The average Bonchev–Trinajstić information content (AvgIpc) is 3.08. The molecule has 1 atom stereocenters. The van der Waals surface area contributed by atoms with Crippen LogP contribution >= 0.6 is 0 Å². The minimum Gasteiger partial charge on any atom is -0.456 e. The number of fused-ring (bicyclic) bond motifs is 2. The molecule has 0 aliphatic carbocycles. The first-order valence-corrected chi connectivity index (χ1v) is 9.83. The summed E-state index contributed by atoms with van der Waals surface area (Å²) in [7, 11) is 0. The van der Waals surface area contributed by atoms with E-state index in [0.717, 1.165) is 16.3 Å². The zero-order valence-electron chi connectivity index (χ0n) is 16.8. The Morgan fingerprint density at radius 3 is 2.52 bits per heavy atom. The van der Waals surface area contributed by atoms with Gasteiger partial charge in [-0.2, -0.15) is 0 Å². The Balaban J connectivity index is 1.29. The molecule has 0 fully saturated rings. The van der Waals surface area contributed by atoms with E-state index < -0.39 is 18.5 Å². The molecule has 0 aromatic heterocycles. The number of Topliss-reactive ketones (excluding diaryl/α,β-unsaturated/α-hetero) is 1. The molecule has 0 unspecified atom stereocenters. The summed E-state index contributed by atoms with van der Waals surface area (Å²) in [4.78, 5) is 48.3. The Bertz CT molecular complexity index is 1220. The van der Waals surface area contributed by atoms with Gasteiger partial charge in [-0.05, 0) is 53.6 Å². The van der Waals surface area contributed by atoms with Gasteiger partial charge in [0.1, 0.15) is 6.54 Å². The number of ether oxygens (including phenoxy) is 1. The van der Waals surface area contributed by atoms with Crippen molar-refractivity contribution in [3.63, 3.8) is 0 Å². The normalized spacial score (nSPS) is 14.6. The van der Waals surface area contributed by atoms with E-state index in [-0.39, 0.29) is 24.2 Å². The molecule has 1 aliphatic heterocycles. The second-order valence-electron chi connectivity index (χ2n) is 7.34. The van der Waals surface area contributed by atoms with Gasteiger partial charge in [0.05, 0.1) is 5.92 Å². The third kappa shape index (κ3) is 4.30. The molecule has 0 saturated carbocycles. The summed E-state index contributed by atoms with van der Waals surface area (Å²) >= 11 is 0. The van der Waals surface area contributed by atoms with Gasteiger partial charge in [0.15, 0.2) is 12.4 Å². The minimum atomic E-state index is -0.714. The number of carbonyl (C=O) groups is 4. The second kappa shape index (κ2) is 8.39. The van der Waals surface area contributed by atoms with E-state index in [1.165, 1.54) is 0 Å². The maximum absolute atomic E-state index is 12.4. The van der Waals surface area contributed by atoms with E-state index >= 15 is 0 Å². The molecule has 0 radical (unpaired) electrons. The first kappa shape index (κ1) is 20.3. The number of rotatable bonds is 6. The first-order chi connectivity index (χ1) is 14.9. The summed E-state index contributed by atoms with van der Waals surface area (Å²) in [5.74, 6) is -1.96. The van der Waals surface area contributed by atoms with Crippen molar-refractivity contribution in [3.8, 4) is 0 Å². The van der Waals surface area contributed by atoms with Crippen LogP contribution in [0.25, 0.3) is 10.8 Å². The van der Waals surface area contributed by atoms with Crippen molar-refractivity contribution < 1.29 is 23.9 Å². The molecule has 156 valence electrons. The van der Waals surface area contributed by atoms with Crippen LogP contribution in [0.4, 0.5) is 5.69 Å². The summed E-state index contributed by atoms with van der Waals surface area (Å²) in [5, 5.41) is 7.17. The average molecular weight is 416 g/mol. The van der Waals surface area contributed by atoms with Crippen molar-refractivity contribution in [3.05, 3.63) is 77.4 Å². The number of nitrogens with one attached hydrogen (secondary N) is 2. The predicted octanol–water partition coefficient (Wildman–Crippen LogP) is 3.05. The van der Waals surface area contributed by atoms with Crippen molar-refractivity contribution in [1.29, 1.82) is 0 Å². The van der Waals surface area contributed by atoms with Crippen LogP contribution in [0, 0.1) is 0 Å². The molecule has 2 N–H and O–H groups in total. The minimum absolute atomic E-state index is 0.117. The Morgan fingerprint density at radius 2 is 1.71 bits per heavy atom. The van der Waals surface area contributed by atoms with Crippen LogP contribution in [-0.4, -0.2) is 36.7 Å².